The lowest BCUT2D eigenvalue weighted by molar-refractivity contribution is -0.154. The van der Waals surface area contributed by atoms with Crippen LogP contribution in [0.4, 0.5) is 0 Å². The minimum Gasteiger partial charge on any atom is -0.456 e. The predicted molar refractivity (Wildman–Crippen MR) is 142 cm³/mol. The first-order valence-corrected chi connectivity index (χ1v) is 13.8. The van der Waals surface area contributed by atoms with E-state index >= 15 is 0 Å². The summed E-state index contributed by atoms with van der Waals surface area (Å²) in [5, 5.41) is 33.7. The Bertz CT molecular complexity index is 956. The van der Waals surface area contributed by atoms with Gasteiger partial charge in [0.05, 0.1) is 41.4 Å². The molecule has 0 saturated carbocycles. The molecule has 9 heteroatoms. The van der Waals surface area contributed by atoms with Gasteiger partial charge in [0.15, 0.2) is 0 Å². The number of carbonyl (C=O) groups is 2. The molecule has 36 heavy (non-hydrogen) atoms. The van der Waals surface area contributed by atoms with Crippen LogP contribution >= 0.6 is 22.9 Å². The molecule has 3 N–H and O–H groups in total. The Morgan fingerprint density at radius 2 is 2.03 bits per heavy atom. The van der Waals surface area contributed by atoms with Gasteiger partial charge in [-0.25, -0.2) is 4.98 Å². The minimum absolute atomic E-state index is 0.0791. The standard InChI is InChI=1S/C27H40ClNO6S/c1-6-19-25(33)17(3)9-7-8-16(2)10-11-21(20(28)12-18-15-36-23(14-30)29-18)35-24(32)13-22(31)27(4,5)26(19)34/h10,12,15,17,19,21-22,25,30-31,33H,6-9,11,13-14H2,1-5H3/b16-10-,20-12-/t17-,19+,21-,22-,25-/m0/s1. The van der Waals surface area contributed by atoms with E-state index in [-0.39, 0.29) is 29.8 Å². The van der Waals surface area contributed by atoms with Gasteiger partial charge in [0.25, 0.3) is 0 Å². The molecular formula is C27H40ClNO6S. The quantitative estimate of drug-likeness (QED) is 0.362. The molecule has 0 aliphatic carbocycles. The number of aliphatic hydroxyl groups is 3. The second-order valence-electron chi connectivity index (χ2n) is 10.3. The number of rotatable bonds is 4. The van der Waals surface area contributed by atoms with E-state index in [9.17, 15) is 24.9 Å². The number of aliphatic hydroxyl groups excluding tert-OH is 3. The molecule has 0 spiro atoms. The average Bonchev–Trinajstić information content (AvgIpc) is 3.28. The first kappa shape index (κ1) is 30.6. The van der Waals surface area contributed by atoms with Crippen LogP contribution in [0.5, 0.6) is 0 Å². The number of nitrogens with zero attached hydrogens (tertiary/aromatic N) is 1. The van der Waals surface area contributed by atoms with Crippen LogP contribution in [0.3, 0.4) is 0 Å². The Labute approximate surface area is 223 Å². The molecule has 0 amide bonds. The van der Waals surface area contributed by atoms with Crippen LogP contribution in [0.25, 0.3) is 6.08 Å². The van der Waals surface area contributed by atoms with Crippen LogP contribution < -0.4 is 0 Å². The van der Waals surface area contributed by atoms with Crippen LogP contribution in [0, 0.1) is 17.3 Å². The fraction of sp³-hybridized carbons (Fsp3) is 0.667. The number of allylic oxidation sites excluding steroid dienone is 1. The maximum atomic E-state index is 13.4. The van der Waals surface area contributed by atoms with Crippen molar-refractivity contribution in [3.8, 4) is 0 Å². The molecule has 0 unspecified atom stereocenters. The number of halogens is 1. The van der Waals surface area contributed by atoms with E-state index < -0.39 is 35.6 Å². The number of hydrogen-bond donors (Lipinski definition) is 3. The Hall–Kier alpha value is -1.58. The summed E-state index contributed by atoms with van der Waals surface area (Å²) in [4.78, 5) is 30.5. The van der Waals surface area contributed by atoms with Gasteiger partial charge in [-0.2, -0.15) is 0 Å². The third-order valence-electron chi connectivity index (χ3n) is 7.08. The Morgan fingerprint density at radius 3 is 2.64 bits per heavy atom. The van der Waals surface area contributed by atoms with Crippen molar-refractivity contribution in [2.45, 2.75) is 98.1 Å². The van der Waals surface area contributed by atoms with Crippen LogP contribution in [-0.4, -0.2) is 50.4 Å². The maximum Gasteiger partial charge on any atom is 0.309 e. The zero-order valence-electron chi connectivity index (χ0n) is 21.9. The number of carbonyl (C=O) groups excluding carboxylic acids is 2. The van der Waals surface area contributed by atoms with Gasteiger partial charge < -0.3 is 20.1 Å². The average molecular weight is 542 g/mol. The lowest BCUT2D eigenvalue weighted by Gasteiger charge is -2.35. The largest absolute Gasteiger partial charge is 0.456 e. The predicted octanol–water partition coefficient (Wildman–Crippen LogP) is 5.02. The molecule has 1 aliphatic heterocycles. The first-order valence-electron chi connectivity index (χ1n) is 12.6. The molecule has 0 aromatic carbocycles. The molecule has 0 saturated heterocycles. The number of aromatic nitrogens is 1. The SMILES string of the molecule is CC[C@H]1C(=O)C(C)(C)[C@@H](O)CC(=O)O[C@H](/C(Cl)=C/c2csc(CO)n2)C/C=C(/C)CCC[C@H](C)[C@@H]1O. The fourth-order valence-electron chi connectivity index (χ4n) is 4.44. The van der Waals surface area contributed by atoms with E-state index in [2.05, 4.69) is 4.98 Å². The molecule has 202 valence electrons. The number of ketones is 1. The smallest absolute Gasteiger partial charge is 0.309 e. The summed E-state index contributed by atoms with van der Waals surface area (Å²) in [5.74, 6) is -1.64. The number of cyclic esters (lactones) is 1. The van der Waals surface area contributed by atoms with Crippen molar-refractivity contribution in [3.05, 3.63) is 32.8 Å². The van der Waals surface area contributed by atoms with Crippen LogP contribution in [0.1, 0.15) is 83.8 Å². The monoisotopic (exact) mass is 541 g/mol. The molecule has 0 bridgehead atoms. The molecule has 2 rings (SSSR count). The lowest BCUT2D eigenvalue weighted by Crippen LogP contribution is -2.46. The van der Waals surface area contributed by atoms with Gasteiger partial charge >= 0.3 is 5.97 Å². The third-order valence-corrected chi connectivity index (χ3v) is 8.29. The molecule has 1 aromatic rings. The van der Waals surface area contributed by atoms with Crippen molar-refractivity contribution in [3.63, 3.8) is 0 Å². The van der Waals surface area contributed by atoms with E-state index in [4.69, 9.17) is 16.3 Å². The molecule has 2 heterocycles. The number of hydrogen-bond acceptors (Lipinski definition) is 8. The molecule has 7 nitrogen and oxygen atoms in total. The Morgan fingerprint density at radius 1 is 1.33 bits per heavy atom. The van der Waals surface area contributed by atoms with Gasteiger partial charge in [-0.15, -0.1) is 11.3 Å². The first-order chi connectivity index (χ1) is 16.9. The third kappa shape index (κ3) is 8.21. The van der Waals surface area contributed by atoms with Crippen LogP contribution in [0.2, 0.25) is 0 Å². The van der Waals surface area contributed by atoms with Gasteiger partial charge in [0.2, 0.25) is 0 Å². The van der Waals surface area contributed by atoms with Crippen molar-refractivity contribution in [1.82, 2.24) is 4.98 Å². The molecule has 1 aromatic heterocycles. The highest BCUT2D eigenvalue weighted by molar-refractivity contribution is 7.09. The Kier molecular flexibility index (Phi) is 11.8. The summed E-state index contributed by atoms with van der Waals surface area (Å²) in [6, 6.07) is 0. The van der Waals surface area contributed by atoms with E-state index in [1.165, 1.54) is 11.3 Å². The second-order valence-corrected chi connectivity index (χ2v) is 11.7. The fourth-order valence-corrected chi connectivity index (χ4v) is 5.30. The topological polar surface area (TPSA) is 117 Å². The van der Waals surface area contributed by atoms with Crippen molar-refractivity contribution >= 4 is 40.8 Å². The summed E-state index contributed by atoms with van der Waals surface area (Å²) in [5.41, 5.74) is 0.419. The van der Waals surface area contributed by atoms with E-state index in [0.717, 1.165) is 24.8 Å². The van der Waals surface area contributed by atoms with Crippen molar-refractivity contribution in [1.29, 1.82) is 0 Å². The molecule has 5 atom stereocenters. The van der Waals surface area contributed by atoms with Gasteiger partial charge in [-0.05, 0) is 44.6 Å². The summed E-state index contributed by atoms with van der Waals surface area (Å²) >= 11 is 7.86. The highest BCUT2D eigenvalue weighted by atomic mass is 35.5. The summed E-state index contributed by atoms with van der Waals surface area (Å²) in [7, 11) is 0. The minimum atomic E-state index is -1.28. The summed E-state index contributed by atoms with van der Waals surface area (Å²) in [6.45, 7) is 8.84. The van der Waals surface area contributed by atoms with Crippen molar-refractivity contribution < 1.29 is 29.6 Å². The number of esters is 1. The van der Waals surface area contributed by atoms with Crippen LogP contribution in [0.15, 0.2) is 22.1 Å². The summed E-state index contributed by atoms with van der Waals surface area (Å²) in [6.07, 6.45) is 3.53. The highest BCUT2D eigenvalue weighted by Crippen LogP contribution is 2.34. The Balaban J connectivity index is 2.35. The zero-order valence-corrected chi connectivity index (χ0v) is 23.4. The number of Topliss-reactive ketones (excluding diaryl/α,β-unsaturated/α-hetero) is 1. The molecule has 0 fully saturated rings. The second kappa shape index (κ2) is 13.8. The van der Waals surface area contributed by atoms with E-state index in [1.54, 1.807) is 25.3 Å². The van der Waals surface area contributed by atoms with Crippen molar-refractivity contribution in [2.24, 2.45) is 17.3 Å². The molecular weight excluding hydrogens is 502 g/mol. The number of thiazole rings is 1. The van der Waals surface area contributed by atoms with Gasteiger partial charge in [-0.1, -0.05) is 50.9 Å². The lowest BCUT2D eigenvalue weighted by atomic mass is 9.71. The maximum absolute atomic E-state index is 13.4. The van der Waals surface area contributed by atoms with E-state index in [0.29, 0.717) is 23.5 Å². The normalized spacial score (nSPS) is 31.0. The zero-order chi connectivity index (χ0) is 27.0. The summed E-state index contributed by atoms with van der Waals surface area (Å²) < 4.78 is 5.68. The highest BCUT2D eigenvalue weighted by Gasteiger charge is 2.43. The van der Waals surface area contributed by atoms with Crippen molar-refractivity contribution in [2.75, 3.05) is 0 Å². The molecule has 1 aliphatic rings. The van der Waals surface area contributed by atoms with Gasteiger partial charge in [0.1, 0.15) is 16.9 Å². The number of ether oxygens (including phenoxy) is 1. The van der Waals surface area contributed by atoms with Gasteiger partial charge in [-0.3, -0.25) is 9.59 Å². The molecule has 0 radical (unpaired) electrons. The van der Waals surface area contributed by atoms with E-state index in [1.807, 2.05) is 26.8 Å². The van der Waals surface area contributed by atoms with Crippen LogP contribution in [-0.2, 0) is 20.9 Å². The van der Waals surface area contributed by atoms with Gasteiger partial charge in [0, 0.05) is 17.7 Å².